The van der Waals surface area contributed by atoms with Gasteiger partial charge < -0.3 is 14.6 Å². The van der Waals surface area contributed by atoms with Gasteiger partial charge >= 0.3 is 12.5 Å². The third-order valence-corrected chi connectivity index (χ3v) is 4.26. The number of rotatable bonds is 9. The summed E-state index contributed by atoms with van der Waals surface area (Å²) in [6, 6.07) is 8.83. The van der Waals surface area contributed by atoms with Crippen molar-refractivity contribution in [1.82, 2.24) is 0 Å². The van der Waals surface area contributed by atoms with Gasteiger partial charge in [-0.3, -0.25) is 0 Å². The van der Waals surface area contributed by atoms with Crippen molar-refractivity contribution in [1.29, 1.82) is 0 Å². The van der Waals surface area contributed by atoms with Gasteiger partial charge in [-0.1, -0.05) is 31.5 Å². The zero-order chi connectivity index (χ0) is 22.4. The summed E-state index contributed by atoms with van der Waals surface area (Å²) in [4.78, 5) is 0. The predicted octanol–water partition coefficient (Wildman–Crippen LogP) is 6.87. The first-order valence-electron chi connectivity index (χ1n) is 9.36. The molecule has 1 atom stereocenters. The van der Waals surface area contributed by atoms with Crippen molar-refractivity contribution in [3.8, 4) is 11.5 Å². The molecule has 174 valence electrons. The van der Waals surface area contributed by atoms with Crippen LogP contribution in [0.3, 0.4) is 0 Å². The molecule has 0 fully saturated rings. The van der Waals surface area contributed by atoms with Crippen molar-refractivity contribution in [2.45, 2.75) is 51.2 Å². The van der Waals surface area contributed by atoms with Gasteiger partial charge in [-0.05, 0) is 54.7 Å². The summed E-state index contributed by atoms with van der Waals surface area (Å²) in [5.41, 5.74) is -0.275. The van der Waals surface area contributed by atoms with Crippen LogP contribution in [0.2, 0.25) is 0 Å². The fourth-order valence-electron chi connectivity index (χ4n) is 2.90. The number of halogens is 7. The zero-order valence-electron chi connectivity index (χ0n) is 16.6. The molecule has 0 aliphatic rings. The Morgan fingerprint density at radius 3 is 2.32 bits per heavy atom. The van der Waals surface area contributed by atoms with Crippen LogP contribution in [-0.2, 0) is 12.6 Å². The van der Waals surface area contributed by atoms with Crippen LogP contribution in [0, 0.1) is 0 Å². The highest BCUT2D eigenvalue weighted by Gasteiger charge is 2.35. The lowest BCUT2D eigenvalue weighted by molar-refractivity contribution is -0.274. The van der Waals surface area contributed by atoms with Gasteiger partial charge in [-0.25, -0.2) is 0 Å². The van der Waals surface area contributed by atoms with Crippen LogP contribution in [0.4, 0.5) is 26.3 Å². The maximum atomic E-state index is 13.4. The Morgan fingerprint density at radius 1 is 1.00 bits per heavy atom. The molecule has 2 aromatic carbocycles. The van der Waals surface area contributed by atoms with Gasteiger partial charge in [0.15, 0.2) is 0 Å². The third-order valence-electron chi connectivity index (χ3n) is 4.26. The monoisotopic (exact) mass is 472 g/mol. The average Bonchev–Trinajstić information content (AvgIpc) is 2.63. The normalized spacial score (nSPS) is 12.8. The zero-order valence-corrected chi connectivity index (χ0v) is 17.4. The van der Waals surface area contributed by atoms with Gasteiger partial charge in [-0.15, -0.1) is 25.6 Å². The summed E-state index contributed by atoms with van der Waals surface area (Å²) in [6.07, 6.45) is -8.90. The largest absolute Gasteiger partial charge is 0.573 e. The number of aryl methyl sites for hydroxylation is 1. The topological polar surface area (TPSA) is 38.7 Å². The Morgan fingerprint density at radius 2 is 1.71 bits per heavy atom. The number of hydrogen-bond acceptors (Lipinski definition) is 3. The first-order chi connectivity index (χ1) is 14.0. The highest BCUT2D eigenvalue weighted by molar-refractivity contribution is 5.85. The molecule has 0 aliphatic carbocycles. The third kappa shape index (κ3) is 8.86. The fourth-order valence-corrected chi connectivity index (χ4v) is 2.90. The lowest BCUT2D eigenvalue weighted by atomic mass is 10.0. The van der Waals surface area contributed by atoms with Gasteiger partial charge in [0.25, 0.3) is 0 Å². The molecule has 0 saturated carbocycles. The van der Waals surface area contributed by atoms with Crippen molar-refractivity contribution >= 4 is 12.4 Å². The van der Waals surface area contributed by atoms with Crippen LogP contribution in [0.5, 0.6) is 11.5 Å². The molecule has 0 saturated heterocycles. The number of benzene rings is 2. The van der Waals surface area contributed by atoms with E-state index in [1.54, 1.807) is 6.07 Å². The highest BCUT2D eigenvalue weighted by Crippen LogP contribution is 2.38. The summed E-state index contributed by atoms with van der Waals surface area (Å²) in [7, 11) is 0. The van der Waals surface area contributed by atoms with Crippen molar-refractivity contribution in [3.63, 3.8) is 0 Å². The lowest BCUT2D eigenvalue weighted by Crippen LogP contribution is -2.17. The number of aliphatic hydroxyl groups is 1. The van der Waals surface area contributed by atoms with Gasteiger partial charge in [0, 0.05) is 0 Å². The number of aliphatic hydroxyl groups excluding tert-OH is 1. The van der Waals surface area contributed by atoms with E-state index in [0.717, 1.165) is 12.1 Å². The minimum atomic E-state index is -4.80. The molecule has 0 aliphatic heterocycles. The van der Waals surface area contributed by atoms with E-state index in [-0.39, 0.29) is 42.5 Å². The van der Waals surface area contributed by atoms with Crippen LogP contribution < -0.4 is 9.47 Å². The molecule has 0 radical (unpaired) electrons. The van der Waals surface area contributed by atoms with Crippen molar-refractivity contribution in [3.05, 3.63) is 59.2 Å². The molecule has 0 spiro atoms. The first-order valence-corrected chi connectivity index (χ1v) is 9.36. The first kappa shape index (κ1) is 26.9. The van der Waals surface area contributed by atoms with Crippen LogP contribution in [0.25, 0.3) is 0 Å². The van der Waals surface area contributed by atoms with E-state index in [4.69, 9.17) is 4.74 Å². The molecule has 0 amide bonds. The SMILES string of the molecule is CCCC(O)c1ccc(OCCCc2cccc(OC(F)(F)F)c2)c(C(F)(F)F)c1.Cl. The lowest BCUT2D eigenvalue weighted by Gasteiger charge is -2.17. The van der Waals surface area contributed by atoms with E-state index < -0.39 is 24.2 Å². The Kier molecular flexibility index (Phi) is 9.96. The Labute approximate surface area is 182 Å². The molecular weight excluding hydrogens is 450 g/mol. The second-order valence-electron chi connectivity index (χ2n) is 6.71. The fraction of sp³-hybridized carbons (Fsp3) is 0.429. The van der Waals surface area contributed by atoms with Crippen LogP contribution >= 0.6 is 12.4 Å². The molecule has 1 N–H and O–H groups in total. The van der Waals surface area contributed by atoms with Crippen LogP contribution in [0.15, 0.2) is 42.5 Å². The van der Waals surface area contributed by atoms with Crippen molar-refractivity contribution < 1.29 is 40.9 Å². The molecule has 3 nitrogen and oxygen atoms in total. The van der Waals surface area contributed by atoms with Gasteiger partial charge in [0.1, 0.15) is 11.5 Å². The summed E-state index contributed by atoms with van der Waals surface area (Å²) in [5.74, 6) is -0.717. The van der Waals surface area contributed by atoms with E-state index >= 15 is 0 Å². The molecule has 10 heteroatoms. The quantitative estimate of drug-likeness (QED) is 0.319. The van der Waals surface area contributed by atoms with Gasteiger partial charge in [0.05, 0.1) is 18.3 Å². The summed E-state index contributed by atoms with van der Waals surface area (Å²) in [5, 5.41) is 9.95. The molecular formula is C21H23ClF6O3. The molecule has 2 rings (SSSR count). The summed E-state index contributed by atoms with van der Waals surface area (Å²) in [6.45, 7) is 1.75. The Balaban J connectivity index is 0.00000480. The Hall–Kier alpha value is -2.13. The Bertz CT molecular complexity index is 823. The summed E-state index contributed by atoms with van der Waals surface area (Å²) < 4.78 is 86.0. The van der Waals surface area contributed by atoms with Crippen LogP contribution in [0.1, 0.15) is 49.0 Å². The second kappa shape index (κ2) is 11.5. The highest BCUT2D eigenvalue weighted by atomic mass is 35.5. The van der Waals surface area contributed by atoms with Gasteiger partial charge in [0.2, 0.25) is 0 Å². The number of hydrogen-bond donors (Lipinski definition) is 1. The second-order valence-corrected chi connectivity index (χ2v) is 6.71. The van der Waals surface area contributed by atoms with E-state index in [2.05, 4.69) is 4.74 Å². The van der Waals surface area contributed by atoms with E-state index in [1.807, 2.05) is 6.92 Å². The van der Waals surface area contributed by atoms with E-state index in [0.29, 0.717) is 24.8 Å². The molecule has 0 aromatic heterocycles. The maximum absolute atomic E-state index is 13.4. The molecule has 0 bridgehead atoms. The molecule has 31 heavy (non-hydrogen) atoms. The maximum Gasteiger partial charge on any atom is 0.573 e. The van der Waals surface area contributed by atoms with Crippen molar-refractivity contribution in [2.75, 3.05) is 6.61 Å². The standard InChI is InChI=1S/C21H22F6O3.ClH/c1-2-5-18(28)15-9-10-19(17(13-15)20(22,23)24)29-11-4-7-14-6-3-8-16(12-14)30-21(25,26)27;/h3,6,8-10,12-13,18,28H,2,4-5,7,11H2,1H3;1H. The van der Waals surface area contributed by atoms with Gasteiger partial charge in [-0.2, -0.15) is 13.2 Å². The average molecular weight is 473 g/mol. The minimum Gasteiger partial charge on any atom is -0.493 e. The van der Waals surface area contributed by atoms with Crippen LogP contribution in [-0.4, -0.2) is 18.1 Å². The number of ether oxygens (including phenoxy) is 2. The summed E-state index contributed by atoms with van der Waals surface area (Å²) >= 11 is 0. The van der Waals surface area contributed by atoms with E-state index in [9.17, 15) is 31.4 Å². The van der Waals surface area contributed by atoms with E-state index in [1.165, 1.54) is 24.3 Å². The van der Waals surface area contributed by atoms with Crippen molar-refractivity contribution in [2.24, 2.45) is 0 Å². The smallest absolute Gasteiger partial charge is 0.493 e. The molecule has 0 heterocycles. The predicted molar refractivity (Wildman–Crippen MR) is 106 cm³/mol. The minimum absolute atomic E-state index is 0. The number of alkyl halides is 6. The molecule has 2 aromatic rings. The molecule has 1 unspecified atom stereocenters.